The van der Waals surface area contributed by atoms with Gasteiger partial charge in [0.25, 0.3) is 0 Å². The number of rotatable bonds is 3. The van der Waals surface area contributed by atoms with Gasteiger partial charge in [-0.3, -0.25) is 0 Å². The van der Waals surface area contributed by atoms with E-state index >= 15 is 0 Å². The molecule has 1 aliphatic carbocycles. The average Bonchev–Trinajstić information content (AvgIpc) is 2.34. The molecule has 1 fully saturated rings. The maximum absolute atomic E-state index is 5.79. The van der Waals surface area contributed by atoms with Crippen molar-refractivity contribution < 1.29 is 4.74 Å². The first-order valence-electron chi connectivity index (χ1n) is 5.25. The van der Waals surface area contributed by atoms with Gasteiger partial charge in [0.15, 0.2) is 0 Å². The van der Waals surface area contributed by atoms with Gasteiger partial charge in [-0.15, -0.1) is 0 Å². The van der Waals surface area contributed by atoms with Crippen LogP contribution in [0.4, 0.5) is 0 Å². The maximum Gasteiger partial charge on any atom is 0.0581 e. The van der Waals surface area contributed by atoms with Crippen LogP contribution in [0.25, 0.3) is 0 Å². The molecule has 0 aromatic heterocycles. The predicted molar refractivity (Wildman–Crippen MR) is 52.2 cm³/mol. The minimum absolute atomic E-state index is 0.404. The van der Waals surface area contributed by atoms with E-state index in [4.69, 9.17) is 4.74 Å². The first kappa shape index (κ1) is 10.0. The average molecular weight is 170 g/mol. The largest absolute Gasteiger partial charge is 0.376 e. The summed E-state index contributed by atoms with van der Waals surface area (Å²) in [5, 5.41) is 0. The second kappa shape index (κ2) is 4.27. The van der Waals surface area contributed by atoms with Gasteiger partial charge in [0.1, 0.15) is 0 Å². The van der Waals surface area contributed by atoms with E-state index in [1.165, 1.54) is 19.3 Å². The molecule has 0 aromatic carbocycles. The zero-order valence-corrected chi connectivity index (χ0v) is 8.84. The zero-order chi connectivity index (χ0) is 9.14. The Labute approximate surface area is 76.5 Å². The molecule has 72 valence electrons. The lowest BCUT2D eigenvalue weighted by Gasteiger charge is -2.16. The fourth-order valence-electron chi connectivity index (χ4n) is 2.09. The third kappa shape index (κ3) is 2.78. The molecule has 2 unspecified atom stereocenters. The summed E-state index contributed by atoms with van der Waals surface area (Å²) in [6.45, 7) is 8.90. The minimum atomic E-state index is 0.404. The van der Waals surface area contributed by atoms with E-state index in [1.807, 2.05) is 0 Å². The smallest absolute Gasteiger partial charge is 0.0581 e. The van der Waals surface area contributed by atoms with Crippen molar-refractivity contribution in [2.24, 2.45) is 11.8 Å². The molecule has 1 saturated carbocycles. The summed E-state index contributed by atoms with van der Waals surface area (Å²) in [7, 11) is 0. The zero-order valence-electron chi connectivity index (χ0n) is 8.84. The van der Waals surface area contributed by atoms with Gasteiger partial charge >= 0.3 is 0 Å². The Morgan fingerprint density at radius 2 is 1.75 bits per heavy atom. The van der Waals surface area contributed by atoms with Gasteiger partial charge in [-0.1, -0.05) is 13.8 Å². The summed E-state index contributed by atoms with van der Waals surface area (Å²) in [6.07, 6.45) is 4.89. The molecule has 0 N–H and O–H groups in total. The molecule has 1 heteroatoms. The highest BCUT2D eigenvalue weighted by Gasteiger charge is 2.27. The van der Waals surface area contributed by atoms with Crippen LogP contribution < -0.4 is 0 Å². The quantitative estimate of drug-likeness (QED) is 0.632. The van der Waals surface area contributed by atoms with Crippen LogP contribution >= 0.6 is 0 Å². The van der Waals surface area contributed by atoms with Gasteiger partial charge in [0.2, 0.25) is 0 Å². The molecule has 0 bridgehead atoms. The van der Waals surface area contributed by atoms with Gasteiger partial charge in [-0.25, -0.2) is 0 Å². The van der Waals surface area contributed by atoms with Crippen LogP contribution in [-0.2, 0) is 4.74 Å². The number of ether oxygens (including phenoxy) is 1. The SMILES string of the molecule is CC(C)OC1CCC(C(C)C)C1. The summed E-state index contributed by atoms with van der Waals surface area (Å²) in [5.41, 5.74) is 0. The van der Waals surface area contributed by atoms with Gasteiger partial charge in [0.05, 0.1) is 12.2 Å². The monoisotopic (exact) mass is 170 g/mol. The summed E-state index contributed by atoms with van der Waals surface area (Å²) in [4.78, 5) is 0. The second-order valence-electron chi connectivity index (χ2n) is 4.62. The van der Waals surface area contributed by atoms with Crippen molar-refractivity contribution in [3.63, 3.8) is 0 Å². The van der Waals surface area contributed by atoms with Crippen LogP contribution in [0.1, 0.15) is 47.0 Å². The van der Waals surface area contributed by atoms with Crippen molar-refractivity contribution in [1.29, 1.82) is 0 Å². The van der Waals surface area contributed by atoms with Gasteiger partial charge in [-0.2, -0.15) is 0 Å². The summed E-state index contributed by atoms with van der Waals surface area (Å²) in [6, 6.07) is 0. The van der Waals surface area contributed by atoms with E-state index in [9.17, 15) is 0 Å². The molecule has 0 aromatic rings. The molecule has 2 atom stereocenters. The van der Waals surface area contributed by atoms with Crippen molar-refractivity contribution in [3.05, 3.63) is 0 Å². The standard InChI is InChI=1S/C11H22O/c1-8(2)10-5-6-11(7-10)12-9(3)4/h8-11H,5-7H2,1-4H3. The maximum atomic E-state index is 5.79. The normalized spacial score (nSPS) is 30.5. The topological polar surface area (TPSA) is 9.23 Å². The highest BCUT2D eigenvalue weighted by atomic mass is 16.5. The van der Waals surface area contributed by atoms with Crippen LogP contribution in [0.3, 0.4) is 0 Å². The third-order valence-corrected chi connectivity index (χ3v) is 2.83. The van der Waals surface area contributed by atoms with Crippen LogP contribution in [0.15, 0.2) is 0 Å². The third-order valence-electron chi connectivity index (χ3n) is 2.83. The number of hydrogen-bond donors (Lipinski definition) is 0. The van der Waals surface area contributed by atoms with Gasteiger partial charge in [-0.05, 0) is 44.9 Å². The molecule has 1 aliphatic rings. The molecular weight excluding hydrogens is 148 g/mol. The Balaban J connectivity index is 2.26. The molecular formula is C11H22O. The molecule has 0 amide bonds. The Hall–Kier alpha value is -0.0400. The molecule has 1 nitrogen and oxygen atoms in total. The summed E-state index contributed by atoms with van der Waals surface area (Å²) >= 11 is 0. The molecule has 0 spiro atoms. The highest BCUT2D eigenvalue weighted by Crippen LogP contribution is 2.33. The van der Waals surface area contributed by atoms with Crippen LogP contribution in [0.5, 0.6) is 0 Å². The second-order valence-corrected chi connectivity index (χ2v) is 4.62. The first-order valence-corrected chi connectivity index (χ1v) is 5.25. The lowest BCUT2D eigenvalue weighted by Crippen LogP contribution is -2.15. The lowest BCUT2D eigenvalue weighted by molar-refractivity contribution is 0.00919. The molecule has 0 aliphatic heterocycles. The highest BCUT2D eigenvalue weighted by molar-refractivity contribution is 4.78. The van der Waals surface area contributed by atoms with Crippen molar-refractivity contribution in [2.75, 3.05) is 0 Å². The summed E-state index contributed by atoms with van der Waals surface area (Å²) in [5.74, 6) is 1.75. The Kier molecular flexibility index (Phi) is 3.57. The minimum Gasteiger partial charge on any atom is -0.376 e. The van der Waals surface area contributed by atoms with E-state index in [0.29, 0.717) is 12.2 Å². The molecule has 12 heavy (non-hydrogen) atoms. The van der Waals surface area contributed by atoms with Gasteiger partial charge in [0, 0.05) is 0 Å². The summed E-state index contributed by atoms with van der Waals surface area (Å²) < 4.78 is 5.79. The fourth-order valence-corrected chi connectivity index (χ4v) is 2.09. The van der Waals surface area contributed by atoms with Crippen molar-refractivity contribution in [2.45, 2.75) is 59.2 Å². The first-order chi connectivity index (χ1) is 5.59. The molecule has 1 rings (SSSR count). The van der Waals surface area contributed by atoms with E-state index in [2.05, 4.69) is 27.7 Å². The number of hydrogen-bond acceptors (Lipinski definition) is 1. The van der Waals surface area contributed by atoms with E-state index in [0.717, 1.165) is 11.8 Å². The van der Waals surface area contributed by atoms with E-state index < -0.39 is 0 Å². The van der Waals surface area contributed by atoms with Crippen LogP contribution in [0.2, 0.25) is 0 Å². The van der Waals surface area contributed by atoms with E-state index in [-0.39, 0.29) is 0 Å². The molecule has 0 heterocycles. The van der Waals surface area contributed by atoms with Crippen LogP contribution in [0, 0.1) is 11.8 Å². The van der Waals surface area contributed by atoms with Crippen molar-refractivity contribution >= 4 is 0 Å². The van der Waals surface area contributed by atoms with Crippen LogP contribution in [-0.4, -0.2) is 12.2 Å². The Morgan fingerprint density at radius 1 is 1.08 bits per heavy atom. The Morgan fingerprint density at radius 3 is 2.17 bits per heavy atom. The molecule has 0 radical (unpaired) electrons. The molecule has 0 saturated heterocycles. The fraction of sp³-hybridized carbons (Fsp3) is 1.00. The van der Waals surface area contributed by atoms with Gasteiger partial charge < -0.3 is 4.74 Å². The Bertz CT molecular complexity index is 129. The predicted octanol–water partition coefficient (Wildman–Crippen LogP) is 3.24. The van der Waals surface area contributed by atoms with Crippen molar-refractivity contribution in [3.8, 4) is 0 Å². The van der Waals surface area contributed by atoms with E-state index in [1.54, 1.807) is 0 Å². The van der Waals surface area contributed by atoms with Crippen molar-refractivity contribution in [1.82, 2.24) is 0 Å². The lowest BCUT2D eigenvalue weighted by atomic mass is 9.95.